The van der Waals surface area contributed by atoms with E-state index in [1.807, 2.05) is 18.2 Å². The SMILES string of the molecule is NC1(CNCc2ccc3c(c2)C(=O)N(C2CCC(=O)NC2=O)C3)CCCCCC1. The third-order valence-electron chi connectivity index (χ3n) is 6.50. The molecule has 0 aromatic heterocycles. The van der Waals surface area contributed by atoms with Gasteiger partial charge >= 0.3 is 0 Å². The molecule has 3 aliphatic rings. The molecule has 1 saturated carbocycles. The minimum Gasteiger partial charge on any atom is -0.324 e. The van der Waals surface area contributed by atoms with E-state index in [-0.39, 0.29) is 29.7 Å². The molecule has 7 heteroatoms. The van der Waals surface area contributed by atoms with Gasteiger partial charge in [-0.3, -0.25) is 19.7 Å². The summed E-state index contributed by atoms with van der Waals surface area (Å²) in [7, 11) is 0. The number of fused-ring (bicyclic) bond motifs is 1. The normalized spacial score (nSPS) is 24.2. The second-order valence-electron chi connectivity index (χ2n) is 8.77. The first-order chi connectivity index (χ1) is 14.0. The van der Waals surface area contributed by atoms with Crippen molar-refractivity contribution in [3.05, 3.63) is 34.9 Å². The topological polar surface area (TPSA) is 105 Å². The molecule has 4 N–H and O–H groups in total. The Balaban J connectivity index is 1.38. The van der Waals surface area contributed by atoms with Crippen LogP contribution in [0.3, 0.4) is 0 Å². The summed E-state index contributed by atoms with van der Waals surface area (Å²) in [6.45, 7) is 1.86. The van der Waals surface area contributed by atoms with Gasteiger partial charge < -0.3 is 16.0 Å². The molecule has 0 radical (unpaired) electrons. The molecule has 1 atom stereocenters. The molecule has 4 rings (SSSR count). The Bertz CT molecular complexity index is 814. The van der Waals surface area contributed by atoms with Gasteiger partial charge in [0.25, 0.3) is 5.91 Å². The van der Waals surface area contributed by atoms with E-state index in [0.717, 1.165) is 30.5 Å². The number of nitrogens with two attached hydrogens (primary N) is 1. The molecule has 1 aromatic rings. The lowest BCUT2D eigenvalue weighted by Crippen LogP contribution is -2.52. The predicted octanol–water partition coefficient (Wildman–Crippen LogP) is 1.59. The maximum absolute atomic E-state index is 12.9. The summed E-state index contributed by atoms with van der Waals surface area (Å²) in [5, 5.41) is 5.82. The molecule has 1 unspecified atom stereocenters. The van der Waals surface area contributed by atoms with Crippen molar-refractivity contribution in [3.63, 3.8) is 0 Å². The van der Waals surface area contributed by atoms with Crippen molar-refractivity contribution in [1.29, 1.82) is 0 Å². The van der Waals surface area contributed by atoms with E-state index in [9.17, 15) is 14.4 Å². The van der Waals surface area contributed by atoms with Gasteiger partial charge in [0, 0.05) is 37.2 Å². The first-order valence-corrected chi connectivity index (χ1v) is 10.7. The average Bonchev–Trinajstić information content (AvgIpc) is 2.85. The van der Waals surface area contributed by atoms with Crippen LogP contribution in [0.25, 0.3) is 0 Å². The molecule has 156 valence electrons. The summed E-state index contributed by atoms with van der Waals surface area (Å²) in [6, 6.07) is 5.36. The zero-order valence-corrected chi connectivity index (χ0v) is 16.8. The molecular weight excluding hydrogens is 368 g/mol. The van der Waals surface area contributed by atoms with Gasteiger partial charge in [-0.05, 0) is 36.5 Å². The van der Waals surface area contributed by atoms with Gasteiger partial charge in [-0.1, -0.05) is 37.8 Å². The molecule has 2 fully saturated rings. The van der Waals surface area contributed by atoms with Crippen LogP contribution >= 0.6 is 0 Å². The Hall–Kier alpha value is -2.25. The summed E-state index contributed by atoms with van der Waals surface area (Å²) in [6.07, 6.45) is 7.71. The lowest BCUT2D eigenvalue weighted by Gasteiger charge is -2.29. The number of hydrogen-bond donors (Lipinski definition) is 3. The molecule has 0 spiro atoms. The van der Waals surface area contributed by atoms with Gasteiger partial charge in [0.1, 0.15) is 6.04 Å². The van der Waals surface area contributed by atoms with Crippen LogP contribution in [0, 0.1) is 0 Å². The third-order valence-corrected chi connectivity index (χ3v) is 6.50. The monoisotopic (exact) mass is 398 g/mol. The van der Waals surface area contributed by atoms with Gasteiger partial charge in [0.2, 0.25) is 11.8 Å². The molecule has 7 nitrogen and oxygen atoms in total. The summed E-state index contributed by atoms with van der Waals surface area (Å²) in [5.74, 6) is -0.772. The van der Waals surface area contributed by atoms with Crippen molar-refractivity contribution < 1.29 is 14.4 Å². The standard InChI is InChI=1S/C22H30N4O3/c23-22(9-3-1-2-4-10-22)14-24-12-15-5-6-16-13-26(21(29)17(16)11-15)18-7-8-19(27)25-20(18)28/h5-6,11,18,24H,1-4,7-10,12-14,23H2,(H,25,27,28). The quantitative estimate of drug-likeness (QED) is 0.516. The van der Waals surface area contributed by atoms with Crippen molar-refractivity contribution in [2.75, 3.05) is 6.54 Å². The lowest BCUT2D eigenvalue weighted by atomic mass is 9.91. The number of carbonyl (C=O) groups excluding carboxylic acids is 3. The second-order valence-corrected chi connectivity index (χ2v) is 8.77. The predicted molar refractivity (Wildman–Crippen MR) is 109 cm³/mol. The number of piperidine rings is 1. The van der Waals surface area contributed by atoms with Crippen LogP contribution in [0.2, 0.25) is 0 Å². The number of rotatable bonds is 5. The Labute approximate surface area is 171 Å². The van der Waals surface area contributed by atoms with Gasteiger partial charge in [-0.15, -0.1) is 0 Å². The van der Waals surface area contributed by atoms with Crippen molar-refractivity contribution in [1.82, 2.24) is 15.5 Å². The van der Waals surface area contributed by atoms with Crippen molar-refractivity contribution >= 4 is 17.7 Å². The maximum atomic E-state index is 12.9. The molecule has 1 aliphatic carbocycles. The van der Waals surface area contributed by atoms with Gasteiger partial charge in [0.05, 0.1) is 0 Å². The number of amides is 3. The van der Waals surface area contributed by atoms with Crippen molar-refractivity contribution in [3.8, 4) is 0 Å². The van der Waals surface area contributed by atoms with Crippen LogP contribution < -0.4 is 16.4 Å². The van der Waals surface area contributed by atoms with Crippen LogP contribution in [0.5, 0.6) is 0 Å². The summed E-state index contributed by atoms with van der Waals surface area (Å²) in [5.41, 5.74) is 9.07. The van der Waals surface area contributed by atoms with Crippen molar-refractivity contribution in [2.24, 2.45) is 5.73 Å². The fourth-order valence-electron chi connectivity index (χ4n) is 4.78. The van der Waals surface area contributed by atoms with E-state index < -0.39 is 6.04 Å². The number of carbonyl (C=O) groups is 3. The Morgan fingerprint density at radius 3 is 2.62 bits per heavy atom. The number of nitrogens with one attached hydrogen (secondary N) is 2. The van der Waals surface area contributed by atoms with Gasteiger partial charge in [-0.25, -0.2) is 0 Å². The van der Waals surface area contributed by atoms with Crippen LogP contribution in [-0.2, 0) is 22.7 Å². The summed E-state index contributed by atoms with van der Waals surface area (Å²) >= 11 is 0. The van der Waals surface area contributed by atoms with Crippen LogP contribution in [0.15, 0.2) is 18.2 Å². The highest BCUT2D eigenvalue weighted by Gasteiger charge is 2.39. The molecule has 2 aliphatic heterocycles. The molecule has 1 saturated heterocycles. The van der Waals surface area contributed by atoms with Crippen LogP contribution in [0.4, 0.5) is 0 Å². The highest BCUT2D eigenvalue weighted by Crippen LogP contribution is 2.28. The van der Waals surface area contributed by atoms with Crippen molar-refractivity contribution in [2.45, 2.75) is 76.0 Å². The lowest BCUT2D eigenvalue weighted by molar-refractivity contribution is -0.136. The van der Waals surface area contributed by atoms with Gasteiger partial charge in [-0.2, -0.15) is 0 Å². The highest BCUT2D eigenvalue weighted by atomic mass is 16.2. The number of nitrogens with zero attached hydrogens (tertiary/aromatic N) is 1. The van der Waals surface area contributed by atoms with E-state index in [4.69, 9.17) is 5.73 Å². The number of benzene rings is 1. The number of imide groups is 1. The number of hydrogen-bond acceptors (Lipinski definition) is 5. The van der Waals surface area contributed by atoms with E-state index in [0.29, 0.717) is 25.1 Å². The Morgan fingerprint density at radius 1 is 1.14 bits per heavy atom. The molecule has 29 heavy (non-hydrogen) atoms. The Morgan fingerprint density at radius 2 is 1.90 bits per heavy atom. The Kier molecular flexibility index (Phi) is 5.69. The molecular formula is C22H30N4O3. The zero-order chi connectivity index (χ0) is 20.4. The minimum absolute atomic E-state index is 0.129. The first kappa shape index (κ1) is 20.0. The molecule has 2 heterocycles. The van der Waals surface area contributed by atoms with Gasteiger partial charge in [0.15, 0.2) is 0 Å². The third kappa shape index (κ3) is 4.36. The van der Waals surface area contributed by atoms with Crippen LogP contribution in [-0.4, -0.2) is 40.7 Å². The van der Waals surface area contributed by atoms with E-state index in [1.165, 1.54) is 25.7 Å². The highest BCUT2D eigenvalue weighted by molar-refractivity contribution is 6.05. The molecule has 3 amide bonds. The maximum Gasteiger partial charge on any atom is 0.255 e. The van der Waals surface area contributed by atoms with E-state index >= 15 is 0 Å². The first-order valence-electron chi connectivity index (χ1n) is 10.7. The fraction of sp³-hybridized carbons (Fsp3) is 0.591. The minimum atomic E-state index is -0.568. The van der Waals surface area contributed by atoms with E-state index in [2.05, 4.69) is 10.6 Å². The van der Waals surface area contributed by atoms with Crippen LogP contribution in [0.1, 0.15) is 72.9 Å². The second kappa shape index (κ2) is 8.24. The van der Waals surface area contributed by atoms with E-state index in [1.54, 1.807) is 4.90 Å². The average molecular weight is 399 g/mol. The largest absolute Gasteiger partial charge is 0.324 e. The molecule has 1 aromatic carbocycles. The zero-order valence-electron chi connectivity index (χ0n) is 16.8. The molecule has 0 bridgehead atoms. The fourth-order valence-corrected chi connectivity index (χ4v) is 4.78. The smallest absolute Gasteiger partial charge is 0.255 e. The summed E-state index contributed by atoms with van der Waals surface area (Å²) < 4.78 is 0. The summed E-state index contributed by atoms with van der Waals surface area (Å²) in [4.78, 5) is 38.0.